The van der Waals surface area contributed by atoms with Gasteiger partial charge in [-0.1, -0.05) is 13.3 Å². The summed E-state index contributed by atoms with van der Waals surface area (Å²) >= 11 is 0. The van der Waals surface area contributed by atoms with E-state index in [2.05, 4.69) is 27.1 Å². The molecule has 1 aromatic rings. The average molecular weight is 263 g/mol. The van der Waals surface area contributed by atoms with Crippen molar-refractivity contribution in [2.75, 3.05) is 30.7 Å². The Bertz CT molecular complexity index is 401. The summed E-state index contributed by atoms with van der Waals surface area (Å²) in [6.07, 6.45) is 4.83. The average Bonchev–Trinajstić information content (AvgIpc) is 2.38. The van der Waals surface area contributed by atoms with Crippen molar-refractivity contribution in [2.45, 2.75) is 45.6 Å². The largest absolute Gasteiger partial charge is 0.384 e. The molecule has 0 bridgehead atoms. The molecule has 19 heavy (non-hydrogen) atoms. The van der Waals surface area contributed by atoms with Gasteiger partial charge in [-0.25, -0.2) is 9.97 Å². The van der Waals surface area contributed by atoms with Crippen LogP contribution < -0.4 is 11.1 Å². The third-order valence-electron chi connectivity index (χ3n) is 3.48. The molecule has 0 radical (unpaired) electrons. The van der Waals surface area contributed by atoms with Crippen LogP contribution >= 0.6 is 0 Å². The number of nitrogen functional groups attached to an aromatic ring is 1. The van der Waals surface area contributed by atoms with Crippen LogP contribution in [0, 0.1) is 0 Å². The van der Waals surface area contributed by atoms with E-state index in [1.807, 2.05) is 13.0 Å². The number of aromatic nitrogens is 2. The molecule has 1 atom stereocenters. The van der Waals surface area contributed by atoms with Crippen LogP contribution in [-0.2, 0) is 6.42 Å². The van der Waals surface area contributed by atoms with E-state index >= 15 is 0 Å². The topological polar surface area (TPSA) is 67.1 Å². The van der Waals surface area contributed by atoms with Crippen LogP contribution in [-0.4, -0.2) is 40.5 Å². The predicted octanol–water partition coefficient (Wildman–Crippen LogP) is 1.91. The van der Waals surface area contributed by atoms with E-state index in [9.17, 15) is 0 Å². The molecule has 2 heterocycles. The molecule has 0 aromatic carbocycles. The number of rotatable bonds is 5. The Hall–Kier alpha value is -1.36. The molecule has 1 aromatic heterocycles. The molecule has 5 heteroatoms. The third kappa shape index (κ3) is 4.35. The van der Waals surface area contributed by atoms with E-state index in [0.717, 1.165) is 24.6 Å². The van der Waals surface area contributed by atoms with Crippen molar-refractivity contribution < 1.29 is 0 Å². The first kappa shape index (κ1) is 14.1. The number of nitrogens with one attached hydrogen (secondary N) is 1. The van der Waals surface area contributed by atoms with Crippen LogP contribution in [0.1, 0.15) is 38.9 Å². The van der Waals surface area contributed by atoms with E-state index in [1.165, 1.54) is 32.4 Å². The molecule has 0 spiro atoms. The zero-order valence-corrected chi connectivity index (χ0v) is 12.0. The highest BCUT2D eigenvalue weighted by molar-refractivity contribution is 5.45. The Morgan fingerprint density at radius 1 is 1.32 bits per heavy atom. The van der Waals surface area contributed by atoms with Gasteiger partial charge in [-0.3, -0.25) is 0 Å². The molecular weight excluding hydrogens is 238 g/mol. The predicted molar refractivity (Wildman–Crippen MR) is 79.2 cm³/mol. The van der Waals surface area contributed by atoms with Crippen molar-refractivity contribution in [3.63, 3.8) is 0 Å². The maximum Gasteiger partial charge on any atom is 0.132 e. The summed E-state index contributed by atoms with van der Waals surface area (Å²) in [5, 5.41) is 3.43. The molecule has 0 aliphatic carbocycles. The van der Waals surface area contributed by atoms with Crippen LogP contribution in [0.15, 0.2) is 6.07 Å². The van der Waals surface area contributed by atoms with E-state index in [0.29, 0.717) is 11.9 Å². The molecule has 1 unspecified atom stereocenters. The van der Waals surface area contributed by atoms with Gasteiger partial charge in [0.2, 0.25) is 0 Å². The summed E-state index contributed by atoms with van der Waals surface area (Å²) in [6.45, 7) is 7.73. The first-order valence-corrected chi connectivity index (χ1v) is 7.29. The number of likely N-dealkylation sites (tertiary alicyclic amines) is 1. The Balaban J connectivity index is 1.90. The minimum absolute atomic E-state index is 0.372. The Labute approximate surface area is 115 Å². The summed E-state index contributed by atoms with van der Waals surface area (Å²) in [5.74, 6) is 2.18. The van der Waals surface area contributed by atoms with Gasteiger partial charge in [-0.05, 0) is 32.9 Å². The van der Waals surface area contributed by atoms with Gasteiger partial charge in [0, 0.05) is 25.1 Å². The van der Waals surface area contributed by atoms with Gasteiger partial charge >= 0.3 is 0 Å². The van der Waals surface area contributed by atoms with E-state index in [4.69, 9.17) is 5.73 Å². The first-order chi connectivity index (χ1) is 9.17. The number of nitrogens with zero attached hydrogens (tertiary/aromatic N) is 3. The second-order valence-electron chi connectivity index (χ2n) is 5.35. The lowest BCUT2D eigenvalue weighted by molar-refractivity contribution is 0.223. The number of aryl methyl sites for hydroxylation is 1. The fourth-order valence-corrected chi connectivity index (χ4v) is 2.58. The zero-order valence-electron chi connectivity index (χ0n) is 12.0. The van der Waals surface area contributed by atoms with Crippen molar-refractivity contribution in [1.29, 1.82) is 0 Å². The summed E-state index contributed by atoms with van der Waals surface area (Å²) in [4.78, 5) is 11.2. The summed E-state index contributed by atoms with van der Waals surface area (Å²) in [5.41, 5.74) is 5.79. The highest BCUT2D eigenvalue weighted by Gasteiger charge is 2.13. The molecule has 1 aliphatic rings. The van der Waals surface area contributed by atoms with Gasteiger partial charge in [0.1, 0.15) is 17.5 Å². The van der Waals surface area contributed by atoms with Crippen molar-refractivity contribution in [3.05, 3.63) is 11.9 Å². The van der Waals surface area contributed by atoms with Gasteiger partial charge in [0.15, 0.2) is 0 Å². The lowest BCUT2D eigenvalue weighted by Gasteiger charge is -2.29. The Morgan fingerprint density at radius 3 is 2.74 bits per heavy atom. The van der Waals surface area contributed by atoms with Crippen LogP contribution in [0.4, 0.5) is 11.6 Å². The van der Waals surface area contributed by atoms with Crippen molar-refractivity contribution in [3.8, 4) is 0 Å². The van der Waals surface area contributed by atoms with Crippen LogP contribution in [0.2, 0.25) is 0 Å². The summed E-state index contributed by atoms with van der Waals surface area (Å²) < 4.78 is 0. The first-order valence-electron chi connectivity index (χ1n) is 7.29. The molecule has 5 nitrogen and oxygen atoms in total. The SMILES string of the molecule is CCc1nc(N)cc(NC(C)CN2CCCCC2)n1. The molecule has 106 valence electrons. The van der Waals surface area contributed by atoms with E-state index in [-0.39, 0.29) is 0 Å². The third-order valence-corrected chi connectivity index (χ3v) is 3.48. The van der Waals surface area contributed by atoms with Gasteiger partial charge in [-0.2, -0.15) is 0 Å². The molecule has 2 rings (SSSR count). The van der Waals surface area contributed by atoms with Gasteiger partial charge in [0.05, 0.1) is 0 Å². The zero-order chi connectivity index (χ0) is 13.7. The fourth-order valence-electron chi connectivity index (χ4n) is 2.58. The molecule has 0 amide bonds. The summed E-state index contributed by atoms with van der Waals surface area (Å²) in [7, 11) is 0. The highest BCUT2D eigenvalue weighted by Crippen LogP contribution is 2.13. The number of piperidine rings is 1. The highest BCUT2D eigenvalue weighted by atomic mass is 15.2. The lowest BCUT2D eigenvalue weighted by Crippen LogP contribution is -2.38. The molecule has 1 saturated heterocycles. The van der Waals surface area contributed by atoms with Crippen molar-refractivity contribution >= 4 is 11.6 Å². The standard InChI is InChI=1S/C14H25N5/c1-3-13-17-12(15)9-14(18-13)16-11(2)10-19-7-5-4-6-8-19/h9,11H,3-8,10H2,1-2H3,(H3,15,16,17,18). The normalized spacial score (nSPS) is 18.2. The lowest BCUT2D eigenvalue weighted by atomic mass is 10.1. The number of nitrogens with two attached hydrogens (primary N) is 1. The maximum absolute atomic E-state index is 5.79. The molecule has 3 N–H and O–H groups in total. The number of anilines is 2. The van der Waals surface area contributed by atoms with Gasteiger partial charge in [0.25, 0.3) is 0 Å². The molecule has 1 fully saturated rings. The second-order valence-corrected chi connectivity index (χ2v) is 5.35. The number of hydrogen-bond donors (Lipinski definition) is 2. The molecular formula is C14H25N5. The van der Waals surface area contributed by atoms with Crippen molar-refractivity contribution in [2.24, 2.45) is 0 Å². The molecule has 1 aliphatic heterocycles. The van der Waals surface area contributed by atoms with Gasteiger partial charge in [-0.15, -0.1) is 0 Å². The van der Waals surface area contributed by atoms with Crippen molar-refractivity contribution in [1.82, 2.24) is 14.9 Å². The minimum atomic E-state index is 0.372. The second kappa shape index (κ2) is 6.70. The molecule has 0 saturated carbocycles. The number of hydrogen-bond acceptors (Lipinski definition) is 5. The monoisotopic (exact) mass is 263 g/mol. The summed E-state index contributed by atoms with van der Waals surface area (Å²) in [6, 6.07) is 2.18. The van der Waals surface area contributed by atoms with Gasteiger partial charge < -0.3 is 16.0 Å². The quantitative estimate of drug-likeness (QED) is 0.849. The minimum Gasteiger partial charge on any atom is -0.384 e. The van der Waals surface area contributed by atoms with Crippen LogP contribution in [0.25, 0.3) is 0 Å². The van der Waals surface area contributed by atoms with E-state index in [1.54, 1.807) is 0 Å². The smallest absolute Gasteiger partial charge is 0.132 e. The van der Waals surface area contributed by atoms with E-state index < -0.39 is 0 Å². The maximum atomic E-state index is 5.79. The Kier molecular flexibility index (Phi) is 4.96. The van der Waals surface area contributed by atoms with Crippen LogP contribution in [0.3, 0.4) is 0 Å². The van der Waals surface area contributed by atoms with Crippen LogP contribution in [0.5, 0.6) is 0 Å². The Morgan fingerprint density at radius 2 is 2.05 bits per heavy atom. The fraction of sp³-hybridized carbons (Fsp3) is 0.714.